The zero-order valence-electron chi connectivity index (χ0n) is 13.0. The Morgan fingerprint density at radius 2 is 1.83 bits per heavy atom. The van der Waals surface area contributed by atoms with Gasteiger partial charge in [-0.1, -0.05) is 18.2 Å². The summed E-state index contributed by atoms with van der Waals surface area (Å²) in [6.45, 7) is 0. The van der Waals surface area contributed by atoms with E-state index >= 15 is 0 Å². The number of hydrogen-bond acceptors (Lipinski definition) is 2. The van der Waals surface area contributed by atoms with Crippen LogP contribution in [0.4, 0.5) is 0 Å². The van der Waals surface area contributed by atoms with E-state index in [9.17, 15) is 15.0 Å². The van der Waals surface area contributed by atoms with E-state index in [1.807, 2.05) is 18.2 Å². The molecule has 2 aromatic rings. The summed E-state index contributed by atoms with van der Waals surface area (Å²) in [5.74, 6) is -0.813. The molecule has 2 aliphatic carbocycles. The van der Waals surface area contributed by atoms with Crippen LogP contribution in [0.25, 0.3) is 17.0 Å². The molecular weight excluding hydrogens is 290 g/mol. The molecule has 0 spiro atoms. The lowest BCUT2D eigenvalue weighted by molar-refractivity contribution is -0.132. The molecule has 1 heterocycles. The monoisotopic (exact) mass is 311 g/mol. The van der Waals surface area contributed by atoms with Crippen molar-refractivity contribution in [3.63, 3.8) is 0 Å². The number of hydrogen-bond donors (Lipinski definition) is 2. The highest BCUT2D eigenvalue weighted by molar-refractivity contribution is 5.96. The molecule has 4 heteroatoms. The van der Waals surface area contributed by atoms with Gasteiger partial charge in [0.15, 0.2) is 0 Å². The standard InChI is InChI=1S/C19H21NO3/c21-14-8-6-13(7-9-14)20-17-4-2-1-3-15(17)16-10-5-12(19(22)23)11-18(16)20/h1-4,11,13-14,21H,5-10H2,(H,22,23). The number of aryl methyl sites for hydroxylation is 1. The third-order valence-electron chi connectivity index (χ3n) is 5.32. The van der Waals surface area contributed by atoms with Gasteiger partial charge >= 0.3 is 5.97 Å². The molecule has 0 atom stereocenters. The minimum atomic E-state index is -0.813. The van der Waals surface area contributed by atoms with Crippen LogP contribution in [-0.2, 0) is 11.2 Å². The fraction of sp³-hybridized carbons (Fsp3) is 0.421. The van der Waals surface area contributed by atoms with Crippen molar-refractivity contribution in [3.05, 3.63) is 41.1 Å². The third-order valence-corrected chi connectivity index (χ3v) is 5.32. The second-order valence-corrected chi connectivity index (χ2v) is 6.69. The van der Waals surface area contributed by atoms with Gasteiger partial charge in [-0.05, 0) is 56.2 Å². The first-order chi connectivity index (χ1) is 11.1. The smallest absolute Gasteiger partial charge is 0.331 e. The molecule has 1 aromatic heterocycles. The zero-order chi connectivity index (χ0) is 16.0. The van der Waals surface area contributed by atoms with Crippen molar-refractivity contribution in [2.24, 2.45) is 0 Å². The molecular formula is C19H21NO3. The third kappa shape index (κ3) is 2.38. The Hall–Kier alpha value is -2.07. The molecule has 1 aromatic carbocycles. The summed E-state index contributed by atoms with van der Waals surface area (Å²) >= 11 is 0. The van der Waals surface area contributed by atoms with Crippen molar-refractivity contribution in [2.75, 3.05) is 0 Å². The number of carboxylic acid groups (broad SMARTS) is 1. The number of fused-ring (bicyclic) bond motifs is 3. The number of nitrogens with zero attached hydrogens (tertiary/aromatic N) is 1. The maximum atomic E-state index is 11.4. The predicted molar refractivity (Wildman–Crippen MR) is 89.4 cm³/mol. The lowest BCUT2D eigenvalue weighted by Crippen LogP contribution is -2.22. The van der Waals surface area contributed by atoms with E-state index in [2.05, 4.69) is 16.7 Å². The molecule has 120 valence electrons. The predicted octanol–water partition coefficient (Wildman–Crippen LogP) is 3.53. The van der Waals surface area contributed by atoms with Gasteiger partial charge in [-0.3, -0.25) is 0 Å². The first kappa shape index (κ1) is 14.5. The lowest BCUT2D eigenvalue weighted by Gasteiger charge is -2.29. The Labute approximate surface area is 135 Å². The van der Waals surface area contributed by atoms with Gasteiger partial charge in [-0.15, -0.1) is 0 Å². The van der Waals surface area contributed by atoms with Crippen LogP contribution >= 0.6 is 0 Å². The summed E-state index contributed by atoms with van der Waals surface area (Å²) in [6, 6.07) is 8.71. The molecule has 23 heavy (non-hydrogen) atoms. The molecule has 0 aliphatic heterocycles. The number of aliphatic hydroxyl groups is 1. The minimum Gasteiger partial charge on any atom is -0.478 e. The van der Waals surface area contributed by atoms with Crippen LogP contribution in [-0.4, -0.2) is 26.9 Å². The van der Waals surface area contributed by atoms with Crippen molar-refractivity contribution in [3.8, 4) is 0 Å². The molecule has 1 saturated carbocycles. The number of rotatable bonds is 2. The molecule has 4 nitrogen and oxygen atoms in total. The fourth-order valence-electron chi connectivity index (χ4n) is 4.15. The Kier molecular flexibility index (Phi) is 3.49. The van der Waals surface area contributed by atoms with Crippen LogP contribution in [0, 0.1) is 0 Å². The van der Waals surface area contributed by atoms with Crippen LogP contribution in [0.5, 0.6) is 0 Å². The van der Waals surface area contributed by atoms with Gasteiger partial charge in [0.1, 0.15) is 0 Å². The second kappa shape index (κ2) is 5.53. The maximum Gasteiger partial charge on any atom is 0.331 e. The number of carboxylic acids is 1. The Balaban J connectivity index is 1.89. The van der Waals surface area contributed by atoms with E-state index in [-0.39, 0.29) is 6.10 Å². The van der Waals surface area contributed by atoms with Gasteiger partial charge in [0.25, 0.3) is 0 Å². The largest absolute Gasteiger partial charge is 0.478 e. The van der Waals surface area contributed by atoms with E-state index in [4.69, 9.17) is 0 Å². The zero-order valence-corrected chi connectivity index (χ0v) is 13.0. The summed E-state index contributed by atoms with van der Waals surface area (Å²) in [5.41, 5.74) is 4.03. The van der Waals surface area contributed by atoms with Crippen LogP contribution in [0.2, 0.25) is 0 Å². The fourth-order valence-corrected chi connectivity index (χ4v) is 4.15. The van der Waals surface area contributed by atoms with Gasteiger partial charge in [0.05, 0.1) is 6.10 Å². The van der Waals surface area contributed by atoms with Crippen LogP contribution < -0.4 is 0 Å². The summed E-state index contributed by atoms with van der Waals surface area (Å²) in [5, 5.41) is 20.4. The Morgan fingerprint density at radius 1 is 1.09 bits per heavy atom. The maximum absolute atomic E-state index is 11.4. The van der Waals surface area contributed by atoms with Crippen LogP contribution in [0.1, 0.15) is 49.4 Å². The first-order valence-electron chi connectivity index (χ1n) is 8.39. The number of para-hydroxylation sites is 1. The molecule has 4 rings (SSSR count). The van der Waals surface area contributed by atoms with Crippen LogP contribution in [0.3, 0.4) is 0 Å². The highest BCUT2D eigenvalue weighted by atomic mass is 16.4. The van der Waals surface area contributed by atoms with Gasteiger partial charge in [-0.25, -0.2) is 4.79 Å². The summed E-state index contributed by atoms with van der Waals surface area (Å²) in [7, 11) is 0. The first-order valence-corrected chi connectivity index (χ1v) is 8.39. The van der Waals surface area contributed by atoms with E-state index in [0.29, 0.717) is 18.0 Å². The quantitative estimate of drug-likeness (QED) is 0.892. The van der Waals surface area contributed by atoms with Crippen LogP contribution in [0.15, 0.2) is 29.8 Å². The SMILES string of the molecule is O=C(O)C1=Cc2c(c3ccccc3n2C2CCC(O)CC2)CC1. The van der Waals surface area contributed by atoms with Gasteiger partial charge in [0.2, 0.25) is 0 Å². The van der Waals surface area contributed by atoms with Crippen molar-refractivity contribution in [2.45, 2.75) is 50.7 Å². The number of benzene rings is 1. The Morgan fingerprint density at radius 3 is 2.57 bits per heavy atom. The molecule has 0 radical (unpaired) electrons. The van der Waals surface area contributed by atoms with Crippen molar-refractivity contribution >= 4 is 22.9 Å². The molecule has 0 bridgehead atoms. The molecule has 0 amide bonds. The van der Waals surface area contributed by atoms with Crippen molar-refractivity contribution in [1.29, 1.82) is 0 Å². The number of aliphatic hydroxyl groups excluding tert-OH is 1. The molecule has 0 saturated heterocycles. The summed E-state index contributed by atoms with van der Waals surface area (Å²) in [6.07, 6.45) is 6.60. The van der Waals surface area contributed by atoms with Gasteiger partial charge < -0.3 is 14.8 Å². The average molecular weight is 311 g/mol. The lowest BCUT2D eigenvalue weighted by atomic mass is 9.92. The summed E-state index contributed by atoms with van der Waals surface area (Å²) < 4.78 is 2.33. The number of carbonyl (C=O) groups is 1. The number of aromatic nitrogens is 1. The molecule has 2 aliphatic rings. The van der Waals surface area contributed by atoms with Gasteiger partial charge in [0, 0.05) is 28.2 Å². The normalized spacial score (nSPS) is 24.3. The van der Waals surface area contributed by atoms with E-state index < -0.39 is 5.97 Å². The van der Waals surface area contributed by atoms with E-state index in [1.165, 1.54) is 16.5 Å². The average Bonchev–Trinajstić information content (AvgIpc) is 2.89. The molecule has 1 fully saturated rings. The summed E-state index contributed by atoms with van der Waals surface area (Å²) in [4.78, 5) is 11.4. The van der Waals surface area contributed by atoms with Crippen molar-refractivity contribution in [1.82, 2.24) is 4.57 Å². The Bertz CT molecular complexity index is 794. The highest BCUT2D eigenvalue weighted by Crippen LogP contribution is 2.39. The number of aliphatic carboxylic acids is 1. The minimum absolute atomic E-state index is 0.186. The molecule has 0 unspecified atom stereocenters. The highest BCUT2D eigenvalue weighted by Gasteiger charge is 2.28. The molecule has 2 N–H and O–H groups in total. The topological polar surface area (TPSA) is 62.5 Å². The van der Waals surface area contributed by atoms with E-state index in [0.717, 1.165) is 37.8 Å². The van der Waals surface area contributed by atoms with E-state index in [1.54, 1.807) is 0 Å². The van der Waals surface area contributed by atoms with Gasteiger partial charge in [-0.2, -0.15) is 0 Å². The second-order valence-electron chi connectivity index (χ2n) is 6.69. The van der Waals surface area contributed by atoms with Crippen molar-refractivity contribution < 1.29 is 15.0 Å².